The van der Waals surface area contributed by atoms with Crippen molar-refractivity contribution < 1.29 is 4.79 Å². The summed E-state index contributed by atoms with van der Waals surface area (Å²) in [6, 6.07) is -0.0103. The molecule has 114 valence electrons. The molecule has 4 N–H and O–H groups in total. The first-order chi connectivity index (χ1) is 9.34. The Labute approximate surface area is 121 Å². The van der Waals surface area contributed by atoms with Crippen molar-refractivity contribution in [1.82, 2.24) is 15.5 Å². The number of nitrogens with one attached hydrogen (secondary N) is 2. The van der Waals surface area contributed by atoms with E-state index in [1.165, 1.54) is 0 Å². The Balaban J connectivity index is 2.42. The molecular formula is C15H28N4O. The smallest absolute Gasteiger partial charge is 0.220 e. The van der Waals surface area contributed by atoms with Crippen LogP contribution < -0.4 is 11.1 Å². The van der Waals surface area contributed by atoms with Crippen LogP contribution in [0, 0.1) is 11.3 Å². The third-order valence-corrected chi connectivity index (χ3v) is 3.86. The number of carbonyl (C=O) groups is 1. The molecule has 0 spiro atoms. The minimum absolute atomic E-state index is 0.0103. The van der Waals surface area contributed by atoms with Gasteiger partial charge >= 0.3 is 0 Å². The fourth-order valence-electron chi connectivity index (χ4n) is 2.41. The lowest BCUT2D eigenvalue weighted by Crippen LogP contribution is -2.29. The van der Waals surface area contributed by atoms with Crippen molar-refractivity contribution in [2.75, 3.05) is 6.54 Å². The van der Waals surface area contributed by atoms with Gasteiger partial charge in [-0.25, -0.2) is 0 Å². The lowest BCUT2D eigenvalue weighted by molar-refractivity contribution is -0.122. The van der Waals surface area contributed by atoms with E-state index in [2.05, 4.69) is 36.3 Å². The van der Waals surface area contributed by atoms with Gasteiger partial charge in [0.05, 0.1) is 12.2 Å². The maximum absolute atomic E-state index is 12.0. The maximum atomic E-state index is 12.0. The zero-order valence-electron chi connectivity index (χ0n) is 13.1. The molecule has 1 aromatic rings. The van der Waals surface area contributed by atoms with Crippen LogP contribution in [0.3, 0.4) is 0 Å². The van der Waals surface area contributed by atoms with Gasteiger partial charge in [0.2, 0.25) is 5.91 Å². The molecule has 0 bridgehead atoms. The molecule has 0 fully saturated rings. The minimum Gasteiger partial charge on any atom is -0.349 e. The summed E-state index contributed by atoms with van der Waals surface area (Å²) in [5, 5.41) is 9.65. The normalized spacial score (nSPS) is 14.8. The van der Waals surface area contributed by atoms with Gasteiger partial charge < -0.3 is 11.1 Å². The number of amides is 1. The second-order valence-electron chi connectivity index (χ2n) is 6.50. The van der Waals surface area contributed by atoms with Crippen LogP contribution in [-0.4, -0.2) is 22.6 Å². The summed E-state index contributed by atoms with van der Waals surface area (Å²) in [5.41, 5.74) is 6.85. The molecule has 0 aliphatic carbocycles. The van der Waals surface area contributed by atoms with Crippen molar-refractivity contribution in [1.29, 1.82) is 0 Å². The van der Waals surface area contributed by atoms with E-state index in [4.69, 9.17) is 5.73 Å². The van der Waals surface area contributed by atoms with Crippen LogP contribution in [0.4, 0.5) is 0 Å². The number of H-pyrrole nitrogens is 1. The summed E-state index contributed by atoms with van der Waals surface area (Å²) >= 11 is 0. The van der Waals surface area contributed by atoms with Crippen LogP contribution in [0.5, 0.6) is 0 Å². The molecule has 0 radical (unpaired) electrons. The van der Waals surface area contributed by atoms with Crippen molar-refractivity contribution in [2.45, 2.75) is 53.0 Å². The molecule has 1 rings (SSSR count). The average molecular weight is 280 g/mol. The molecule has 0 saturated carbocycles. The minimum atomic E-state index is -0.0103. The predicted molar refractivity (Wildman–Crippen MR) is 81.0 cm³/mol. The summed E-state index contributed by atoms with van der Waals surface area (Å²) in [6.45, 7) is 9.26. The van der Waals surface area contributed by atoms with Gasteiger partial charge in [0.15, 0.2) is 0 Å². The molecule has 1 heterocycles. The summed E-state index contributed by atoms with van der Waals surface area (Å²) in [7, 11) is 0. The fraction of sp³-hybridized carbons (Fsp3) is 0.733. The Kier molecular flexibility index (Phi) is 6.20. The second-order valence-corrected chi connectivity index (χ2v) is 6.50. The highest BCUT2D eigenvalue weighted by molar-refractivity contribution is 5.76. The van der Waals surface area contributed by atoms with E-state index >= 15 is 0 Å². The molecular weight excluding hydrogens is 252 g/mol. The summed E-state index contributed by atoms with van der Waals surface area (Å²) in [5.74, 6) is 0.562. The molecule has 2 atom stereocenters. The van der Waals surface area contributed by atoms with Crippen LogP contribution in [-0.2, 0) is 4.79 Å². The quantitative estimate of drug-likeness (QED) is 0.717. The number of hydrogen-bond acceptors (Lipinski definition) is 3. The number of nitrogens with zero attached hydrogens (tertiary/aromatic N) is 1. The van der Waals surface area contributed by atoms with Gasteiger partial charge in [-0.3, -0.25) is 9.89 Å². The van der Waals surface area contributed by atoms with Crippen molar-refractivity contribution in [2.24, 2.45) is 17.1 Å². The van der Waals surface area contributed by atoms with Crippen LogP contribution in [0.15, 0.2) is 12.4 Å². The number of hydrogen-bond donors (Lipinski definition) is 3. The standard InChI is InChI=1S/C15H28N4O/c1-11(12-9-17-18-10-12)19-14(20)6-5-13(7-8-16)15(2,3)4/h9-11,13H,5-8,16H2,1-4H3,(H,17,18)(H,19,20). The van der Waals surface area contributed by atoms with Crippen LogP contribution in [0.25, 0.3) is 0 Å². The maximum Gasteiger partial charge on any atom is 0.220 e. The Hall–Kier alpha value is -1.36. The van der Waals surface area contributed by atoms with E-state index in [0.717, 1.165) is 18.4 Å². The van der Waals surface area contributed by atoms with Gasteiger partial charge in [0.1, 0.15) is 0 Å². The third-order valence-electron chi connectivity index (χ3n) is 3.86. The molecule has 20 heavy (non-hydrogen) atoms. The highest BCUT2D eigenvalue weighted by Crippen LogP contribution is 2.32. The van der Waals surface area contributed by atoms with Gasteiger partial charge in [0.25, 0.3) is 0 Å². The fourth-order valence-corrected chi connectivity index (χ4v) is 2.41. The molecule has 0 aromatic carbocycles. The van der Waals surface area contributed by atoms with E-state index in [1.807, 2.05) is 6.92 Å². The van der Waals surface area contributed by atoms with Gasteiger partial charge in [0, 0.05) is 18.2 Å². The van der Waals surface area contributed by atoms with Gasteiger partial charge in [-0.1, -0.05) is 20.8 Å². The van der Waals surface area contributed by atoms with Crippen molar-refractivity contribution in [3.63, 3.8) is 0 Å². The van der Waals surface area contributed by atoms with Gasteiger partial charge in [-0.2, -0.15) is 5.10 Å². The van der Waals surface area contributed by atoms with Crippen molar-refractivity contribution >= 4 is 5.91 Å². The van der Waals surface area contributed by atoms with E-state index in [9.17, 15) is 4.79 Å². The molecule has 2 unspecified atom stereocenters. The lowest BCUT2D eigenvalue weighted by Gasteiger charge is -2.30. The van der Waals surface area contributed by atoms with Crippen molar-refractivity contribution in [3.8, 4) is 0 Å². The SMILES string of the molecule is CC(NC(=O)CCC(CCN)C(C)(C)C)c1cn[nH]c1. The first-order valence-corrected chi connectivity index (χ1v) is 7.32. The first-order valence-electron chi connectivity index (χ1n) is 7.32. The molecule has 1 aromatic heterocycles. The predicted octanol–water partition coefficient (Wildman–Crippen LogP) is 2.38. The topological polar surface area (TPSA) is 83.8 Å². The number of carbonyl (C=O) groups excluding carboxylic acids is 1. The van der Waals surface area contributed by atoms with Crippen LogP contribution >= 0.6 is 0 Å². The van der Waals surface area contributed by atoms with E-state index in [0.29, 0.717) is 18.9 Å². The first kappa shape index (κ1) is 16.7. The Bertz CT molecular complexity index is 395. The monoisotopic (exact) mass is 280 g/mol. The summed E-state index contributed by atoms with van der Waals surface area (Å²) in [6.07, 6.45) is 5.93. The third kappa shape index (κ3) is 5.33. The Morgan fingerprint density at radius 2 is 2.15 bits per heavy atom. The van der Waals surface area contributed by atoms with E-state index in [-0.39, 0.29) is 17.4 Å². The molecule has 5 heteroatoms. The highest BCUT2D eigenvalue weighted by atomic mass is 16.1. The molecule has 0 saturated heterocycles. The molecule has 5 nitrogen and oxygen atoms in total. The van der Waals surface area contributed by atoms with Gasteiger partial charge in [-0.05, 0) is 37.6 Å². The zero-order chi connectivity index (χ0) is 15.2. The summed E-state index contributed by atoms with van der Waals surface area (Å²) in [4.78, 5) is 12.0. The van der Waals surface area contributed by atoms with E-state index in [1.54, 1.807) is 12.4 Å². The second kappa shape index (κ2) is 7.43. The molecule has 0 aliphatic heterocycles. The molecule has 0 aliphatic rings. The number of rotatable bonds is 7. The van der Waals surface area contributed by atoms with Crippen molar-refractivity contribution in [3.05, 3.63) is 18.0 Å². The van der Waals surface area contributed by atoms with Gasteiger partial charge in [-0.15, -0.1) is 0 Å². The highest BCUT2D eigenvalue weighted by Gasteiger charge is 2.24. The summed E-state index contributed by atoms with van der Waals surface area (Å²) < 4.78 is 0. The Morgan fingerprint density at radius 1 is 1.45 bits per heavy atom. The Morgan fingerprint density at radius 3 is 2.65 bits per heavy atom. The van der Waals surface area contributed by atoms with Crippen LogP contribution in [0.2, 0.25) is 0 Å². The number of aromatic nitrogens is 2. The molecule has 1 amide bonds. The van der Waals surface area contributed by atoms with Crippen LogP contribution in [0.1, 0.15) is 58.6 Å². The lowest BCUT2D eigenvalue weighted by atomic mass is 9.76. The number of nitrogens with two attached hydrogens (primary N) is 1. The number of aromatic amines is 1. The van der Waals surface area contributed by atoms with E-state index < -0.39 is 0 Å². The average Bonchev–Trinajstić information content (AvgIpc) is 2.86. The zero-order valence-corrected chi connectivity index (χ0v) is 13.1. The largest absolute Gasteiger partial charge is 0.349 e.